The van der Waals surface area contributed by atoms with Crippen LogP contribution in [0.4, 0.5) is 0 Å². The summed E-state index contributed by atoms with van der Waals surface area (Å²) in [4.78, 5) is 0. The van der Waals surface area contributed by atoms with Crippen LogP contribution in [0.15, 0.2) is 24.7 Å². The normalized spacial score (nSPS) is 16.9. The molecule has 1 heterocycles. The average Bonchev–Trinajstić information content (AvgIpc) is 1.94. The predicted octanol–water partition coefficient (Wildman–Crippen LogP) is 0.288. The van der Waals surface area contributed by atoms with Gasteiger partial charge in [0.15, 0.2) is 12.4 Å². The van der Waals surface area contributed by atoms with Gasteiger partial charge in [0.2, 0.25) is 0 Å². The predicted molar refractivity (Wildman–Crippen MR) is 33.7 cm³/mol. The van der Waals surface area contributed by atoms with Gasteiger partial charge in [-0.25, -0.2) is 4.58 Å². The highest BCUT2D eigenvalue weighted by Gasteiger charge is 1.85. The number of allylic oxidation sites excluding steroid dienone is 1. The van der Waals surface area contributed by atoms with Crippen LogP contribution in [-0.4, -0.2) is 17.8 Å². The number of rotatable bonds is 0. The third kappa shape index (κ3) is 1.22. The Balaban J connectivity index is 2.73. The average molecular weight is 109 g/mol. The lowest BCUT2D eigenvalue weighted by Gasteiger charge is -1.78. The van der Waals surface area contributed by atoms with Gasteiger partial charge < -0.3 is 5.32 Å². The molecule has 1 N–H and O–H groups in total. The lowest BCUT2D eigenvalue weighted by molar-refractivity contribution is -0.416. The van der Waals surface area contributed by atoms with Crippen LogP contribution in [0.25, 0.3) is 0 Å². The molecule has 0 aromatic carbocycles. The molecular weight excluding hydrogens is 100 g/mol. The number of hydrogen-bond acceptors (Lipinski definition) is 1. The second kappa shape index (κ2) is 2.31. The van der Waals surface area contributed by atoms with Gasteiger partial charge in [-0.05, 0) is 0 Å². The molecule has 0 fully saturated rings. The SMILES string of the molecule is C[N+]1=CC=CNC=C1. The summed E-state index contributed by atoms with van der Waals surface area (Å²) in [5, 5.41) is 2.94. The van der Waals surface area contributed by atoms with Crippen molar-refractivity contribution >= 4 is 6.21 Å². The van der Waals surface area contributed by atoms with E-state index in [1.165, 1.54) is 0 Å². The molecule has 2 heteroatoms. The first-order valence-corrected chi connectivity index (χ1v) is 2.54. The maximum absolute atomic E-state index is 2.94. The van der Waals surface area contributed by atoms with E-state index >= 15 is 0 Å². The lowest BCUT2D eigenvalue weighted by Crippen LogP contribution is -1.94. The Kier molecular flexibility index (Phi) is 1.47. The van der Waals surface area contributed by atoms with Gasteiger partial charge in [-0.15, -0.1) is 0 Å². The summed E-state index contributed by atoms with van der Waals surface area (Å²) >= 11 is 0. The first kappa shape index (κ1) is 5.09. The Bertz CT molecular complexity index is 154. The largest absolute Gasteiger partial charge is 0.363 e. The zero-order valence-corrected chi connectivity index (χ0v) is 4.83. The van der Waals surface area contributed by atoms with Crippen molar-refractivity contribution in [2.45, 2.75) is 0 Å². The van der Waals surface area contributed by atoms with Crippen LogP contribution in [0, 0.1) is 0 Å². The number of nitrogens with one attached hydrogen (secondary N) is 1. The maximum atomic E-state index is 2.94. The second-order valence-electron chi connectivity index (χ2n) is 1.66. The minimum Gasteiger partial charge on any atom is -0.363 e. The maximum Gasteiger partial charge on any atom is 0.184 e. The van der Waals surface area contributed by atoms with E-state index in [1.54, 1.807) is 0 Å². The monoisotopic (exact) mass is 109 g/mol. The van der Waals surface area contributed by atoms with Crippen molar-refractivity contribution < 1.29 is 4.58 Å². The molecule has 0 aliphatic carbocycles. The Morgan fingerprint density at radius 3 is 3.12 bits per heavy atom. The molecule has 0 saturated heterocycles. The molecule has 0 amide bonds. The molecule has 0 bridgehead atoms. The van der Waals surface area contributed by atoms with Crippen molar-refractivity contribution in [2.75, 3.05) is 7.05 Å². The van der Waals surface area contributed by atoms with E-state index in [4.69, 9.17) is 0 Å². The van der Waals surface area contributed by atoms with Crippen LogP contribution in [0.3, 0.4) is 0 Å². The summed E-state index contributed by atoms with van der Waals surface area (Å²) in [6.07, 6.45) is 9.61. The minimum absolute atomic E-state index is 1.88. The fraction of sp³-hybridized carbons (Fsp3) is 0.167. The van der Waals surface area contributed by atoms with Gasteiger partial charge in [0.1, 0.15) is 7.05 Å². The highest BCUT2D eigenvalue weighted by molar-refractivity contribution is 5.66. The van der Waals surface area contributed by atoms with Gasteiger partial charge in [-0.3, -0.25) is 0 Å². The lowest BCUT2D eigenvalue weighted by atomic mass is 10.6. The quantitative estimate of drug-likeness (QED) is 0.442. The second-order valence-corrected chi connectivity index (χ2v) is 1.66. The van der Waals surface area contributed by atoms with Gasteiger partial charge in [0.25, 0.3) is 0 Å². The zero-order chi connectivity index (χ0) is 5.82. The van der Waals surface area contributed by atoms with E-state index in [0.717, 1.165) is 0 Å². The van der Waals surface area contributed by atoms with Gasteiger partial charge in [0, 0.05) is 12.3 Å². The van der Waals surface area contributed by atoms with Crippen LogP contribution in [-0.2, 0) is 0 Å². The molecule has 1 rings (SSSR count). The highest BCUT2D eigenvalue weighted by atomic mass is 15.0. The molecule has 1 aliphatic rings. The van der Waals surface area contributed by atoms with Crippen LogP contribution in [0.2, 0.25) is 0 Å². The molecule has 42 valence electrons. The molecule has 0 aromatic rings. The summed E-state index contributed by atoms with van der Waals surface area (Å²) in [5.74, 6) is 0. The molecule has 0 aromatic heterocycles. The van der Waals surface area contributed by atoms with Crippen molar-refractivity contribution in [3.8, 4) is 0 Å². The van der Waals surface area contributed by atoms with Crippen molar-refractivity contribution in [3.63, 3.8) is 0 Å². The smallest absolute Gasteiger partial charge is 0.184 e. The number of nitrogens with zero attached hydrogens (tertiary/aromatic N) is 1. The molecule has 0 saturated carbocycles. The first-order valence-electron chi connectivity index (χ1n) is 2.54. The van der Waals surface area contributed by atoms with Crippen molar-refractivity contribution in [1.29, 1.82) is 0 Å². The van der Waals surface area contributed by atoms with Crippen molar-refractivity contribution in [2.24, 2.45) is 0 Å². The van der Waals surface area contributed by atoms with E-state index in [-0.39, 0.29) is 0 Å². The topological polar surface area (TPSA) is 15.0 Å². The third-order valence-corrected chi connectivity index (χ3v) is 0.920. The van der Waals surface area contributed by atoms with Crippen LogP contribution < -0.4 is 5.32 Å². The van der Waals surface area contributed by atoms with Crippen LogP contribution in [0.1, 0.15) is 0 Å². The molecule has 8 heavy (non-hydrogen) atoms. The van der Waals surface area contributed by atoms with Gasteiger partial charge in [-0.2, -0.15) is 0 Å². The minimum atomic E-state index is 1.88. The first-order chi connectivity index (χ1) is 3.89. The van der Waals surface area contributed by atoms with E-state index < -0.39 is 0 Å². The van der Waals surface area contributed by atoms with Crippen molar-refractivity contribution in [3.05, 3.63) is 24.7 Å². The number of hydrogen-bond donors (Lipinski definition) is 1. The van der Waals surface area contributed by atoms with Gasteiger partial charge in [-0.1, -0.05) is 0 Å². The van der Waals surface area contributed by atoms with Gasteiger partial charge in [0.05, 0.1) is 6.20 Å². The van der Waals surface area contributed by atoms with Crippen molar-refractivity contribution in [1.82, 2.24) is 5.32 Å². The molecule has 2 nitrogen and oxygen atoms in total. The van der Waals surface area contributed by atoms with E-state index in [0.29, 0.717) is 0 Å². The zero-order valence-electron chi connectivity index (χ0n) is 4.83. The van der Waals surface area contributed by atoms with E-state index in [2.05, 4.69) is 5.32 Å². The fourth-order valence-corrected chi connectivity index (χ4v) is 0.500. The van der Waals surface area contributed by atoms with Crippen LogP contribution >= 0.6 is 0 Å². The fourth-order valence-electron chi connectivity index (χ4n) is 0.500. The Hall–Kier alpha value is -1.05. The molecule has 0 spiro atoms. The Morgan fingerprint density at radius 2 is 2.25 bits per heavy atom. The molecule has 1 aliphatic heterocycles. The van der Waals surface area contributed by atoms with E-state index in [9.17, 15) is 0 Å². The summed E-state index contributed by atoms with van der Waals surface area (Å²) < 4.78 is 1.97. The van der Waals surface area contributed by atoms with Gasteiger partial charge >= 0.3 is 0 Å². The summed E-state index contributed by atoms with van der Waals surface area (Å²) in [7, 11) is 1.98. The third-order valence-electron chi connectivity index (χ3n) is 0.920. The molecule has 0 radical (unpaired) electrons. The summed E-state index contributed by atoms with van der Waals surface area (Å²) in [5.41, 5.74) is 0. The standard InChI is InChI=1S/C6H8N2/c1-8-5-2-3-7-4-6-8/h2-6H,1H3/p+1. The van der Waals surface area contributed by atoms with E-state index in [1.807, 2.05) is 42.5 Å². The Morgan fingerprint density at radius 1 is 1.38 bits per heavy atom. The van der Waals surface area contributed by atoms with Crippen LogP contribution in [0.5, 0.6) is 0 Å². The molecule has 0 atom stereocenters. The Labute approximate surface area is 48.8 Å². The molecule has 0 unspecified atom stereocenters. The summed E-state index contributed by atoms with van der Waals surface area (Å²) in [6.45, 7) is 0. The molecular formula is C6H9N2+. The summed E-state index contributed by atoms with van der Waals surface area (Å²) in [6, 6.07) is 0. The highest BCUT2D eigenvalue weighted by Crippen LogP contribution is 1.75.